The Kier molecular flexibility index (Phi) is 6.21. The molecule has 4 nitrogen and oxygen atoms in total. The summed E-state index contributed by atoms with van der Waals surface area (Å²) in [5, 5.41) is 0. The number of halogens is 3. The highest BCUT2D eigenvalue weighted by molar-refractivity contribution is 7.89. The van der Waals surface area contributed by atoms with Gasteiger partial charge in [0, 0.05) is 13.2 Å². The summed E-state index contributed by atoms with van der Waals surface area (Å²) in [5.41, 5.74) is 0.509. The molecule has 0 atom stereocenters. The largest absolute Gasteiger partial charge is 0.416 e. The van der Waals surface area contributed by atoms with Crippen molar-refractivity contribution in [3.05, 3.63) is 65.2 Å². The first-order chi connectivity index (χ1) is 11.7. The van der Waals surface area contributed by atoms with E-state index in [2.05, 4.69) is 4.72 Å². The molecule has 0 aliphatic rings. The predicted molar refractivity (Wildman–Crippen MR) is 87.2 cm³/mol. The Morgan fingerprint density at radius 1 is 1.04 bits per heavy atom. The minimum atomic E-state index is -4.60. The fourth-order valence-electron chi connectivity index (χ4n) is 2.18. The highest BCUT2D eigenvalue weighted by atomic mass is 32.2. The van der Waals surface area contributed by atoms with Gasteiger partial charge in [-0.05, 0) is 36.2 Å². The van der Waals surface area contributed by atoms with E-state index < -0.39 is 26.7 Å². The molecular weight excluding hydrogens is 355 g/mol. The maximum absolute atomic E-state index is 12.7. The molecule has 0 unspecified atom stereocenters. The molecule has 0 fully saturated rings. The van der Waals surface area contributed by atoms with Crippen LogP contribution in [0.15, 0.2) is 53.4 Å². The van der Waals surface area contributed by atoms with Gasteiger partial charge in [0.05, 0.1) is 17.1 Å². The molecule has 2 rings (SSSR count). The summed E-state index contributed by atoms with van der Waals surface area (Å²) < 4.78 is 70.5. The van der Waals surface area contributed by atoms with Crippen molar-refractivity contribution in [3.63, 3.8) is 0 Å². The third kappa shape index (κ3) is 5.29. The number of benzene rings is 2. The first kappa shape index (κ1) is 19.4. The maximum atomic E-state index is 12.7. The van der Waals surface area contributed by atoms with Gasteiger partial charge in [0.25, 0.3) is 0 Å². The summed E-state index contributed by atoms with van der Waals surface area (Å²) >= 11 is 0. The fourth-order valence-corrected chi connectivity index (χ4v) is 3.23. The highest BCUT2D eigenvalue weighted by Gasteiger charge is 2.31. The summed E-state index contributed by atoms with van der Waals surface area (Å²) in [4.78, 5) is -0.426. The summed E-state index contributed by atoms with van der Waals surface area (Å²) in [7, 11) is -4.07. The van der Waals surface area contributed by atoms with Crippen LogP contribution in [0.25, 0.3) is 0 Å². The SMILES string of the molecule is CCOCc1ccccc1CNS(=O)(=O)c1cccc(C(F)(F)F)c1. The topological polar surface area (TPSA) is 55.4 Å². The van der Waals surface area contributed by atoms with Crippen LogP contribution in [-0.2, 0) is 34.1 Å². The van der Waals surface area contributed by atoms with Gasteiger partial charge in [0.15, 0.2) is 0 Å². The van der Waals surface area contributed by atoms with Gasteiger partial charge in [-0.25, -0.2) is 13.1 Å². The third-order valence-electron chi connectivity index (χ3n) is 3.50. The van der Waals surface area contributed by atoms with Gasteiger partial charge in [-0.1, -0.05) is 30.3 Å². The minimum absolute atomic E-state index is 0.0399. The summed E-state index contributed by atoms with van der Waals surface area (Å²) in [6, 6.07) is 10.8. The van der Waals surface area contributed by atoms with E-state index in [1.807, 2.05) is 13.0 Å². The van der Waals surface area contributed by atoms with Gasteiger partial charge in [0.1, 0.15) is 0 Å². The summed E-state index contributed by atoms with van der Waals surface area (Å²) in [5.74, 6) is 0. The van der Waals surface area contributed by atoms with E-state index in [-0.39, 0.29) is 6.54 Å². The van der Waals surface area contributed by atoms with E-state index in [4.69, 9.17) is 4.74 Å². The molecular formula is C17H18F3NO3S. The number of hydrogen-bond acceptors (Lipinski definition) is 3. The monoisotopic (exact) mass is 373 g/mol. The summed E-state index contributed by atoms with van der Waals surface area (Å²) in [6.45, 7) is 2.66. The molecule has 1 N–H and O–H groups in total. The lowest BCUT2D eigenvalue weighted by Crippen LogP contribution is -2.24. The highest BCUT2D eigenvalue weighted by Crippen LogP contribution is 2.30. The number of alkyl halides is 3. The van der Waals surface area contributed by atoms with Crippen molar-refractivity contribution in [2.24, 2.45) is 0 Å². The smallest absolute Gasteiger partial charge is 0.377 e. The van der Waals surface area contributed by atoms with Gasteiger partial charge in [-0.2, -0.15) is 13.2 Å². The van der Waals surface area contributed by atoms with Gasteiger partial charge in [-0.15, -0.1) is 0 Å². The van der Waals surface area contributed by atoms with Crippen molar-refractivity contribution in [2.75, 3.05) is 6.61 Å². The van der Waals surface area contributed by atoms with Crippen molar-refractivity contribution >= 4 is 10.0 Å². The number of sulfonamides is 1. The van der Waals surface area contributed by atoms with Gasteiger partial charge >= 0.3 is 6.18 Å². The zero-order valence-electron chi connectivity index (χ0n) is 13.5. The van der Waals surface area contributed by atoms with Crippen LogP contribution in [-0.4, -0.2) is 15.0 Å². The average Bonchev–Trinajstić information content (AvgIpc) is 2.58. The lowest BCUT2D eigenvalue weighted by molar-refractivity contribution is -0.137. The zero-order chi connectivity index (χ0) is 18.5. The molecule has 136 valence electrons. The lowest BCUT2D eigenvalue weighted by atomic mass is 10.1. The Morgan fingerprint density at radius 2 is 1.72 bits per heavy atom. The maximum Gasteiger partial charge on any atom is 0.416 e. The summed E-state index contributed by atoms with van der Waals surface area (Å²) in [6.07, 6.45) is -4.60. The quantitative estimate of drug-likeness (QED) is 0.805. The van der Waals surface area contributed by atoms with Crippen molar-refractivity contribution in [3.8, 4) is 0 Å². The molecule has 0 heterocycles. The van der Waals surface area contributed by atoms with Crippen molar-refractivity contribution in [2.45, 2.75) is 31.1 Å². The first-order valence-electron chi connectivity index (χ1n) is 7.55. The van der Waals surface area contributed by atoms with Gasteiger partial charge < -0.3 is 4.74 Å². The molecule has 8 heteroatoms. The van der Waals surface area contributed by atoms with Crippen LogP contribution in [0.3, 0.4) is 0 Å². The number of nitrogens with one attached hydrogen (secondary N) is 1. The molecule has 0 amide bonds. The van der Waals surface area contributed by atoms with E-state index >= 15 is 0 Å². The van der Waals surface area contributed by atoms with Crippen LogP contribution in [0, 0.1) is 0 Å². The Balaban J connectivity index is 2.18. The zero-order valence-corrected chi connectivity index (χ0v) is 14.3. The Hall–Kier alpha value is -1.90. The van der Waals surface area contributed by atoms with E-state index in [9.17, 15) is 21.6 Å². The minimum Gasteiger partial charge on any atom is -0.377 e. The second-order valence-corrected chi connectivity index (χ2v) is 7.02. The van der Waals surface area contributed by atoms with Crippen molar-refractivity contribution < 1.29 is 26.3 Å². The van der Waals surface area contributed by atoms with E-state index in [1.54, 1.807) is 18.2 Å². The van der Waals surface area contributed by atoms with Gasteiger partial charge in [0.2, 0.25) is 10.0 Å². The molecule has 0 aliphatic heterocycles. The molecule has 25 heavy (non-hydrogen) atoms. The average molecular weight is 373 g/mol. The number of hydrogen-bond donors (Lipinski definition) is 1. The predicted octanol–water partition coefficient (Wildman–Crippen LogP) is 3.72. The molecule has 2 aromatic carbocycles. The van der Waals surface area contributed by atoms with Crippen LogP contribution < -0.4 is 4.72 Å². The Labute approximate surface area is 144 Å². The molecule has 0 radical (unpaired) electrons. The fraction of sp³-hybridized carbons (Fsp3) is 0.294. The van der Waals surface area contributed by atoms with Crippen molar-refractivity contribution in [1.82, 2.24) is 4.72 Å². The van der Waals surface area contributed by atoms with Crippen molar-refractivity contribution in [1.29, 1.82) is 0 Å². The molecule has 2 aromatic rings. The van der Waals surface area contributed by atoms with Crippen LogP contribution in [0.4, 0.5) is 13.2 Å². The van der Waals surface area contributed by atoms with Crippen LogP contribution in [0.1, 0.15) is 23.6 Å². The van der Waals surface area contributed by atoms with Crippen LogP contribution in [0.5, 0.6) is 0 Å². The second-order valence-electron chi connectivity index (χ2n) is 5.26. The number of ether oxygens (including phenoxy) is 1. The molecule has 0 saturated heterocycles. The van der Waals surface area contributed by atoms with E-state index in [0.29, 0.717) is 24.8 Å². The Morgan fingerprint density at radius 3 is 2.36 bits per heavy atom. The second kappa shape index (κ2) is 7.99. The van der Waals surface area contributed by atoms with Crippen LogP contribution in [0.2, 0.25) is 0 Å². The molecule has 0 saturated carbocycles. The van der Waals surface area contributed by atoms with E-state index in [1.165, 1.54) is 0 Å². The lowest BCUT2D eigenvalue weighted by Gasteiger charge is -2.12. The normalized spacial score (nSPS) is 12.3. The van der Waals surface area contributed by atoms with Gasteiger partial charge in [-0.3, -0.25) is 0 Å². The molecule has 0 aliphatic carbocycles. The molecule has 0 spiro atoms. The van der Waals surface area contributed by atoms with E-state index in [0.717, 1.165) is 23.8 Å². The third-order valence-corrected chi connectivity index (χ3v) is 4.90. The Bertz CT molecular complexity index is 820. The number of rotatable bonds is 7. The molecule has 0 bridgehead atoms. The standard InChI is InChI=1S/C17H18F3NO3S/c1-2-24-12-14-7-4-3-6-13(14)11-21-25(22,23)16-9-5-8-15(10-16)17(18,19)20/h3-10,21H,2,11-12H2,1H3. The molecule has 0 aromatic heterocycles. The first-order valence-corrected chi connectivity index (χ1v) is 9.04. The van der Waals surface area contributed by atoms with Crippen LogP contribution >= 0.6 is 0 Å².